The van der Waals surface area contributed by atoms with E-state index in [0.29, 0.717) is 11.5 Å². The van der Waals surface area contributed by atoms with Crippen LogP contribution in [0.2, 0.25) is 0 Å². The standard InChI is InChI=1S/C20H20FN5O3/c1-29-15-4-2-12(3-5-15)18-16-6-7-22-9-17(16)19(25-24-18)23-14-8-13(21)10-26(11-14)20(27)28/h2-7,9,13-14H,8,10-11H2,1H3,(H,23,25)(H,27,28)/t13-,14-/m1/s1. The Hall–Kier alpha value is -3.49. The van der Waals surface area contributed by atoms with Gasteiger partial charge in [-0.05, 0) is 30.3 Å². The fraction of sp³-hybridized carbons (Fsp3) is 0.300. The molecule has 1 aliphatic rings. The molecular weight excluding hydrogens is 377 g/mol. The molecule has 2 N–H and O–H groups in total. The fourth-order valence-corrected chi connectivity index (χ4v) is 3.56. The van der Waals surface area contributed by atoms with Gasteiger partial charge in [0, 0.05) is 47.7 Å². The molecule has 4 rings (SSSR count). The molecular formula is C20H20FN5O3. The molecule has 2 atom stereocenters. The maximum absolute atomic E-state index is 14.0. The first-order valence-electron chi connectivity index (χ1n) is 9.18. The molecule has 3 heterocycles. The number of ether oxygens (including phenoxy) is 1. The summed E-state index contributed by atoms with van der Waals surface area (Å²) < 4.78 is 19.2. The average Bonchev–Trinajstić information content (AvgIpc) is 2.74. The number of nitrogens with zero attached hydrogens (tertiary/aromatic N) is 4. The number of alkyl halides is 1. The van der Waals surface area contributed by atoms with Crippen LogP contribution in [0.5, 0.6) is 5.75 Å². The number of methoxy groups -OCH3 is 1. The summed E-state index contributed by atoms with van der Waals surface area (Å²) in [7, 11) is 1.61. The van der Waals surface area contributed by atoms with E-state index in [9.17, 15) is 14.3 Å². The lowest BCUT2D eigenvalue weighted by molar-refractivity contribution is 0.102. The Morgan fingerprint density at radius 2 is 2.00 bits per heavy atom. The number of rotatable bonds is 4. The molecule has 1 aromatic carbocycles. The summed E-state index contributed by atoms with van der Waals surface area (Å²) in [5.74, 6) is 1.20. The number of piperidine rings is 1. The van der Waals surface area contributed by atoms with Gasteiger partial charge in [0.15, 0.2) is 5.82 Å². The van der Waals surface area contributed by atoms with Crippen LogP contribution in [0.1, 0.15) is 6.42 Å². The van der Waals surface area contributed by atoms with Gasteiger partial charge in [0.25, 0.3) is 0 Å². The van der Waals surface area contributed by atoms with Gasteiger partial charge >= 0.3 is 6.09 Å². The monoisotopic (exact) mass is 397 g/mol. The molecule has 3 aromatic rings. The van der Waals surface area contributed by atoms with E-state index in [1.54, 1.807) is 19.5 Å². The van der Waals surface area contributed by atoms with E-state index in [0.717, 1.165) is 27.0 Å². The number of hydrogen-bond donors (Lipinski definition) is 2. The lowest BCUT2D eigenvalue weighted by Gasteiger charge is -2.33. The summed E-state index contributed by atoms with van der Waals surface area (Å²) in [5, 5.41) is 22.6. The summed E-state index contributed by atoms with van der Waals surface area (Å²) in [6.07, 6.45) is 1.18. The van der Waals surface area contributed by atoms with Gasteiger partial charge in [-0.1, -0.05) is 0 Å². The number of nitrogens with one attached hydrogen (secondary N) is 1. The predicted octanol–water partition coefficient (Wildman–Crippen LogP) is 3.20. The highest BCUT2D eigenvalue weighted by Crippen LogP contribution is 2.31. The molecule has 8 nitrogen and oxygen atoms in total. The largest absolute Gasteiger partial charge is 0.497 e. The van der Waals surface area contributed by atoms with Crippen molar-refractivity contribution in [3.05, 3.63) is 42.7 Å². The highest BCUT2D eigenvalue weighted by Gasteiger charge is 2.30. The normalized spacial score (nSPS) is 19.2. The van der Waals surface area contributed by atoms with Crippen molar-refractivity contribution in [2.75, 3.05) is 25.5 Å². The van der Waals surface area contributed by atoms with Gasteiger partial charge in [0.1, 0.15) is 17.6 Å². The first-order chi connectivity index (χ1) is 14.0. The van der Waals surface area contributed by atoms with Crippen LogP contribution in [0, 0.1) is 0 Å². The molecule has 1 fully saturated rings. The summed E-state index contributed by atoms with van der Waals surface area (Å²) >= 11 is 0. The molecule has 0 spiro atoms. The Bertz CT molecular complexity index is 1030. The number of benzene rings is 1. The molecule has 1 amide bonds. The van der Waals surface area contributed by atoms with E-state index in [2.05, 4.69) is 20.5 Å². The van der Waals surface area contributed by atoms with Crippen molar-refractivity contribution < 1.29 is 19.0 Å². The molecule has 0 aliphatic carbocycles. The number of carbonyl (C=O) groups is 1. The Labute approximate surface area is 166 Å². The van der Waals surface area contributed by atoms with Crippen LogP contribution in [0.15, 0.2) is 42.7 Å². The van der Waals surface area contributed by atoms with Crippen molar-refractivity contribution in [1.29, 1.82) is 0 Å². The Morgan fingerprint density at radius 3 is 2.72 bits per heavy atom. The van der Waals surface area contributed by atoms with Crippen LogP contribution < -0.4 is 10.1 Å². The third-order valence-corrected chi connectivity index (χ3v) is 4.96. The molecule has 1 saturated heterocycles. The second-order valence-corrected chi connectivity index (χ2v) is 6.91. The average molecular weight is 397 g/mol. The van der Waals surface area contributed by atoms with Gasteiger partial charge in [-0.2, -0.15) is 0 Å². The summed E-state index contributed by atoms with van der Waals surface area (Å²) in [5.41, 5.74) is 1.56. The van der Waals surface area contributed by atoms with Crippen LogP contribution in [0.3, 0.4) is 0 Å². The van der Waals surface area contributed by atoms with Crippen molar-refractivity contribution in [1.82, 2.24) is 20.1 Å². The highest BCUT2D eigenvalue weighted by molar-refractivity contribution is 5.99. The van der Waals surface area contributed by atoms with Crippen molar-refractivity contribution in [2.24, 2.45) is 0 Å². The SMILES string of the molecule is COc1ccc(-c2nnc(N[C@@H]3C[C@@H](F)CN(C(=O)O)C3)c3cnccc23)cc1. The minimum absolute atomic E-state index is 0.113. The van der Waals surface area contributed by atoms with Gasteiger partial charge in [-0.25, -0.2) is 9.18 Å². The number of anilines is 1. The molecule has 0 bridgehead atoms. The molecule has 29 heavy (non-hydrogen) atoms. The molecule has 1 aliphatic heterocycles. The van der Waals surface area contributed by atoms with E-state index in [1.165, 1.54) is 0 Å². The van der Waals surface area contributed by atoms with Crippen LogP contribution in [-0.2, 0) is 0 Å². The summed E-state index contributed by atoms with van der Waals surface area (Å²) in [6, 6.07) is 8.93. The van der Waals surface area contributed by atoms with Crippen molar-refractivity contribution in [2.45, 2.75) is 18.6 Å². The second-order valence-electron chi connectivity index (χ2n) is 6.91. The Balaban J connectivity index is 1.67. The van der Waals surface area contributed by atoms with E-state index >= 15 is 0 Å². The maximum atomic E-state index is 14.0. The summed E-state index contributed by atoms with van der Waals surface area (Å²) in [6.45, 7) is 0.0668. The zero-order chi connectivity index (χ0) is 20.4. The lowest BCUT2D eigenvalue weighted by atomic mass is 10.0. The molecule has 150 valence electrons. The minimum Gasteiger partial charge on any atom is -0.497 e. The number of halogens is 1. The number of likely N-dealkylation sites (tertiary alicyclic amines) is 1. The van der Waals surface area contributed by atoms with Crippen LogP contribution in [-0.4, -0.2) is 63.7 Å². The van der Waals surface area contributed by atoms with Crippen LogP contribution >= 0.6 is 0 Å². The Morgan fingerprint density at radius 1 is 1.21 bits per heavy atom. The van der Waals surface area contributed by atoms with Crippen LogP contribution in [0.25, 0.3) is 22.0 Å². The highest BCUT2D eigenvalue weighted by atomic mass is 19.1. The number of amides is 1. The number of carboxylic acid groups (broad SMARTS) is 1. The maximum Gasteiger partial charge on any atom is 0.407 e. The lowest BCUT2D eigenvalue weighted by Crippen LogP contribution is -2.49. The number of aromatic nitrogens is 3. The second kappa shape index (κ2) is 7.86. The minimum atomic E-state index is -1.23. The summed E-state index contributed by atoms with van der Waals surface area (Å²) in [4.78, 5) is 16.5. The van der Waals surface area contributed by atoms with Crippen molar-refractivity contribution in [3.63, 3.8) is 0 Å². The van der Waals surface area contributed by atoms with Gasteiger partial charge in [0.2, 0.25) is 0 Å². The zero-order valence-electron chi connectivity index (χ0n) is 15.7. The molecule has 0 radical (unpaired) electrons. The number of pyridine rings is 1. The molecule has 9 heteroatoms. The first-order valence-corrected chi connectivity index (χ1v) is 9.18. The molecule has 0 unspecified atom stereocenters. The molecule has 0 saturated carbocycles. The van der Waals surface area contributed by atoms with E-state index < -0.39 is 18.3 Å². The quantitative estimate of drug-likeness (QED) is 0.697. The number of fused-ring (bicyclic) bond motifs is 1. The third kappa shape index (κ3) is 3.89. The zero-order valence-corrected chi connectivity index (χ0v) is 15.7. The predicted molar refractivity (Wildman–Crippen MR) is 106 cm³/mol. The van der Waals surface area contributed by atoms with Crippen molar-refractivity contribution in [3.8, 4) is 17.0 Å². The smallest absolute Gasteiger partial charge is 0.407 e. The number of hydrogen-bond acceptors (Lipinski definition) is 6. The fourth-order valence-electron chi connectivity index (χ4n) is 3.56. The van der Waals surface area contributed by atoms with Gasteiger partial charge < -0.3 is 20.1 Å². The Kier molecular flexibility index (Phi) is 5.11. The molecule has 2 aromatic heterocycles. The van der Waals surface area contributed by atoms with Crippen LogP contribution in [0.4, 0.5) is 15.0 Å². The first kappa shape index (κ1) is 18.9. The van der Waals surface area contributed by atoms with Gasteiger partial charge in [-0.3, -0.25) is 4.98 Å². The van der Waals surface area contributed by atoms with E-state index in [4.69, 9.17) is 4.74 Å². The van der Waals surface area contributed by atoms with E-state index in [-0.39, 0.29) is 19.5 Å². The van der Waals surface area contributed by atoms with Gasteiger partial charge in [-0.15, -0.1) is 10.2 Å². The van der Waals surface area contributed by atoms with Gasteiger partial charge in [0.05, 0.1) is 13.7 Å². The topological polar surface area (TPSA) is 100 Å². The third-order valence-electron chi connectivity index (χ3n) is 4.96. The van der Waals surface area contributed by atoms with E-state index in [1.807, 2.05) is 30.3 Å². The van der Waals surface area contributed by atoms with Crippen molar-refractivity contribution >= 4 is 22.7 Å².